The zero-order valence-electron chi connectivity index (χ0n) is 22.4. The molecule has 6 rings (SSSR count). The van der Waals surface area contributed by atoms with Crippen molar-refractivity contribution in [2.75, 3.05) is 32.7 Å². The lowest BCUT2D eigenvalue weighted by Gasteiger charge is -2.33. The van der Waals surface area contributed by atoms with Crippen LogP contribution in [0.4, 0.5) is 0 Å². The van der Waals surface area contributed by atoms with Gasteiger partial charge in [-0.05, 0) is 35.9 Å². The van der Waals surface area contributed by atoms with E-state index in [1.807, 2.05) is 39.1 Å². The van der Waals surface area contributed by atoms with Crippen molar-refractivity contribution in [2.45, 2.75) is 10.9 Å². The molecular weight excluding hydrogens is 611 g/mol. The standard InChI is InChI=1S/C30H26Cl2N6O2S2/c31-22-10-11-23(32)25(18-22)38-28(26-9-5-17-40-26)34-35-30(38)42-20-27-33-24(19-41-27)29(39)37-15-13-36(14-16-37)12-4-8-21-6-2-1-3-7-21/h1-11,17-19H,12-16,20H2/b8-4+. The summed E-state index contributed by atoms with van der Waals surface area (Å²) in [6.45, 7) is 3.88. The fourth-order valence-electron chi connectivity index (χ4n) is 4.60. The molecule has 2 aromatic carbocycles. The Morgan fingerprint density at radius 3 is 2.64 bits per heavy atom. The van der Waals surface area contributed by atoms with Gasteiger partial charge in [0.2, 0.25) is 5.82 Å². The van der Waals surface area contributed by atoms with E-state index in [1.54, 1.807) is 30.5 Å². The number of halogens is 2. The maximum absolute atomic E-state index is 13.2. The molecule has 12 heteroatoms. The molecule has 1 aliphatic rings. The number of carbonyl (C=O) groups is 1. The van der Waals surface area contributed by atoms with E-state index < -0.39 is 0 Å². The lowest BCUT2D eigenvalue weighted by atomic mass is 10.2. The van der Waals surface area contributed by atoms with Crippen LogP contribution >= 0.6 is 46.3 Å². The molecule has 42 heavy (non-hydrogen) atoms. The smallest absolute Gasteiger partial charge is 0.273 e. The average Bonchev–Trinajstić information content (AvgIpc) is 3.79. The topological polar surface area (TPSA) is 80.3 Å². The number of thioether (sulfide) groups is 1. The van der Waals surface area contributed by atoms with E-state index in [-0.39, 0.29) is 5.91 Å². The number of aromatic nitrogens is 4. The van der Waals surface area contributed by atoms with Gasteiger partial charge < -0.3 is 9.32 Å². The van der Waals surface area contributed by atoms with Gasteiger partial charge >= 0.3 is 0 Å². The molecule has 214 valence electrons. The van der Waals surface area contributed by atoms with E-state index in [1.165, 1.54) is 28.7 Å². The summed E-state index contributed by atoms with van der Waals surface area (Å²) in [4.78, 5) is 22.1. The number of benzene rings is 2. The van der Waals surface area contributed by atoms with Gasteiger partial charge in [-0.2, -0.15) is 0 Å². The van der Waals surface area contributed by atoms with E-state index in [0.29, 0.717) is 57.0 Å². The van der Waals surface area contributed by atoms with Crippen LogP contribution in [0.1, 0.15) is 21.1 Å². The minimum atomic E-state index is -0.0315. The van der Waals surface area contributed by atoms with Crippen molar-refractivity contribution >= 4 is 58.3 Å². The molecular formula is C30H26Cl2N6O2S2. The molecule has 4 heterocycles. The van der Waals surface area contributed by atoms with Crippen LogP contribution in [0, 0.1) is 0 Å². The second kappa shape index (κ2) is 13.3. The number of piperazine rings is 1. The van der Waals surface area contributed by atoms with E-state index in [9.17, 15) is 4.79 Å². The van der Waals surface area contributed by atoms with Gasteiger partial charge in [-0.25, -0.2) is 4.98 Å². The third-order valence-corrected chi connectivity index (χ3v) is 9.28. The van der Waals surface area contributed by atoms with Crippen LogP contribution in [-0.4, -0.2) is 68.2 Å². The first-order valence-corrected chi connectivity index (χ1v) is 15.9. The number of thiazole rings is 1. The monoisotopic (exact) mass is 636 g/mol. The average molecular weight is 638 g/mol. The Kier molecular flexibility index (Phi) is 9.07. The van der Waals surface area contributed by atoms with Gasteiger partial charge in [-0.1, -0.05) is 77.4 Å². The molecule has 5 aromatic rings. The molecule has 0 bridgehead atoms. The summed E-state index contributed by atoms with van der Waals surface area (Å²) in [6.07, 6.45) is 5.89. The molecule has 8 nitrogen and oxygen atoms in total. The Hall–Kier alpha value is -3.41. The zero-order valence-corrected chi connectivity index (χ0v) is 25.5. The molecule has 0 radical (unpaired) electrons. The largest absolute Gasteiger partial charge is 0.461 e. The molecule has 0 atom stereocenters. The summed E-state index contributed by atoms with van der Waals surface area (Å²) in [6, 6.07) is 19.1. The molecule has 1 aliphatic heterocycles. The van der Waals surface area contributed by atoms with Gasteiger partial charge in [0.25, 0.3) is 5.91 Å². The second-order valence-electron chi connectivity index (χ2n) is 9.54. The zero-order chi connectivity index (χ0) is 28.9. The molecule has 1 fully saturated rings. The third kappa shape index (κ3) is 6.63. The van der Waals surface area contributed by atoms with Crippen molar-refractivity contribution in [3.63, 3.8) is 0 Å². The van der Waals surface area contributed by atoms with E-state index in [0.717, 1.165) is 24.6 Å². The molecule has 0 N–H and O–H groups in total. The van der Waals surface area contributed by atoms with Crippen LogP contribution in [-0.2, 0) is 5.75 Å². The number of furan rings is 1. The Bertz CT molecular complexity index is 1680. The van der Waals surface area contributed by atoms with Crippen molar-refractivity contribution in [1.29, 1.82) is 0 Å². The number of carbonyl (C=O) groups excluding carboxylic acids is 1. The SMILES string of the molecule is O=C(c1csc(CSc2nnc(-c3ccco3)n2-c2cc(Cl)ccc2Cl)n1)N1CCN(C/C=C/c2ccccc2)CC1. The fraction of sp³-hybridized carbons (Fsp3) is 0.200. The van der Waals surface area contributed by atoms with Gasteiger partial charge in [0.05, 0.1) is 22.7 Å². The second-order valence-corrected chi connectivity index (χ2v) is 12.3. The number of rotatable bonds is 9. The summed E-state index contributed by atoms with van der Waals surface area (Å²) in [5.41, 5.74) is 2.31. The number of hydrogen-bond donors (Lipinski definition) is 0. The van der Waals surface area contributed by atoms with Crippen molar-refractivity contribution in [3.8, 4) is 17.3 Å². The minimum absolute atomic E-state index is 0.0315. The van der Waals surface area contributed by atoms with E-state index in [4.69, 9.17) is 27.6 Å². The Morgan fingerprint density at radius 1 is 1.02 bits per heavy atom. The van der Waals surface area contributed by atoms with Crippen LogP contribution in [0.5, 0.6) is 0 Å². The summed E-state index contributed by atoms with van der Waals surface area (Å²) < 4.78 is 7.42. The Labute approximate surface area is 261 Å². The predicted molar refractivity (Wildman–Crippen MR) is 169 cm³/mol. The van der Waals surface area contributed by atoms with Gasteiger partial charge in [0, 0.05) is 43.1 Å². The number of amides is 1. The quantitative estimate of drug-likeness (QED) is 0.160. The maximum atomic E-state index is 13.2. The highest BCUT2D eigenvalue weighted by atomic mass is 35.5. The van der Waals surface area contributed by atoms with Crippen LogP contribution < -0.4 is 0 Å². The highest BCUT2D eigenvalue weighted by molar-refractivity contribution is 7.98. The summed E-state index contributed by atoms with van der Waals surface area (Å²) >= 11 is 15.8. The first kappa shape index (κ1) is 28.7. The normalized spacial score (nSPS) is 14.2. The van der Waals surface area contributed by atoms with Crippen LogP contribution in [0.3, 0.4) is 0 Å². The molecule has 0 spiro atoms. The number of hydrogen-bond acceptors (Lipinski definition) is 8. The first-order valence-electron chi connectivity index (χ1n) is 13.3. The van der Waals surface area contributed by atoms with E-state index in [2.05, 4.69) is 44.4 Å². The number of nitrogens with zero attached hydrogens (tertiary/aromatic N) is 6. The molecule has 1 saturated heterocycles. The van der Waals surface area contributed by atoms with Gasteiger partial charge in [-0.15, -0.1) is 21.5 Å². The van der Waals surface area contributed by atoms with Crippen LogP contribution in [0.15, 0.2) is 88.0 Å². The lowest BCUT2D eigenvalue weighted by molar-refractivity contribution is 0.0645. The van der Waals surface area contributed by atoms with E-state index >= 15 is 0 Å². The highest BCUT2D eigenvalue weighted by Gasteiger charge is 2.24. The van der Waals surface area contributed by atoms with Crippen LogP contribution in [0.25, 0.3) is 23.3 Å². The molecule has 0 saturated carbocycles. The van der Waals surface area contributed by atoms with Gasteiger partial charge in [0.15, 0.2) is 10.9 Å². The minimum Gasteiger partial charge on any atom is -0.461 e. The van der Waals surface area contributed by atoms with Crippen molar-refractivity contribution in [2.24, 2.45) is 0 Å². The maximum Gasteiger partial charge on any atom is 0.273 e. The Balaban J connectivity index is 1.08. The summed E-state index contributed by atoms with van der Waals surface area (Å²) in [5, 5.41) is 13.1. The van der Waals surface area contributed by atoms with Crippen molar-refractivity contribution < 1.29 is 9.21 Å². The first-order chi connectivity index (χ1) is 20.5. The van der Waals surface area contributed by atoms with Crippen molar-refractivity contribution in [3.05, 3.63) is 105 Å². The predicted octanol–water partition coefficient (Wildman–Crippen LogP) is 7.05. The lowest BCUT2D eigenvalue weighted by Crippen LogP contribution is -2.48. The summed E-state index contributed by atoms with van der Waals surface area (Å²) in [5.74, 6) is 1.54. The summed E-state index contributed by atoms with van der Waals surface area (Å²) in [7, 11) is 0. The van der Waals surface area contributed by atoms with Crippen LogP contribution in [0.2, 0.25) is 10.0 Å². The molecule has 0 aliphatic carbocycles. The highest BCUT2D eigenvalue weighted by Crippen LogP contribution is 2.34. The fourth-order valence-corrected chi connectivity index (χ4v) is 6.70. The van der Waals surface area contributed by atoms with Crippen molar-refractivity contribution in [1.82, 2.24) is 29.5 Å². The molecule has 1 amide bonds. The van der Waals surface area contributed by atoms with Gasteiger partial charge in [-0.3, -0.25) is 14.3 Å². The molecule has 3 aromatic heterocycles. The third-order valence-electron chi connectivity index (χ3n) is 6.75. The molecule has 0 unspecified atom stereocenters. The Morgan fingerprint density at radius 2 is 1.86 bits per heavy atom. The van der Waals surface area contributed by atoms with Gasteiger partial charge in [0.1, 0.15) is 10.7 Å².